The summed E-state index contributed by atoms with van der Waals surface area (Å²) in [5.74, 6) is 0.677. The number of halogens is 1. The largest absolute Gasteiger partial charge is 0.263 e. The first-order valence-corrected chi connectivity index (χ1v) is 8.47. The quantitative estimate of drug-likeness (QED) is 0.873. The lowest BCUT2D eigenvalue weighted by Gasteiger charge is -2.16. The van der Waals surface area contributed by atoms with Crippen LogP contribution in [0.15, 0.2) is 23.4 Å². The number of hydrogen-bond acceptors (Lipinski definition) is 3. The van der Waals surface area contributed by atoms with Crippen molar-refractivity contribution in [3.05, 3.63) is 23.5 Å². The van der Waals surface area contributed by atoms with E-state index < -0.39 is 10.0 Å². The molecule has 0 amide bonds. The van der Waals surface area contributed by atoms with E-state index in [2.05, 4.69) is 16.6 Å². The van der Waals surface area contributed by atoms with Gasteiger partial charge in [-0.1, -0.05) is 31.4 Å². The average molecular weight is 303 g/mol. The molecule has 4 nitrogen and oxygen atoms in total. The van der Waals surface area contributed by atoms with Crippen molar-refractivity contribution in [3.8, 4) is 0 Å². The molecule has 6 heteroatoms. The number of nitrogens with one attached hydrogen (secondary N) is 1. The first-order valence-electron chi connectivity index (χ1n) is 6.61. The van der Waals surface area contributed by atoms with Crippen LogP contribution in [0.3, 0.4) is 0 Å². The summed E-state index contributed by atoms with van der Waals surface area (Å²) in [5.41, 5.74) is 0. The van der Waals surface area contributed by atoms with Gasteiger partial charge in [-0.3, -0.25) is 4.98 Å². The highest BCUT2D eigenvalue weighted by Gasteiger charge is 2.24. The van der Waals surface area contributed by atoms with E-state index in [-0.39, 0.29) is 16.0 Å². The molecule has 106 valence electrons. The van der Waals surface area contributed by atoms with Crippen molar-refractivity contribution in [2.45, 2.75) is 50.0 Å². The van der Waals surface area contributed by atoms with Crippen LogP contribution in [-0.4, -0.2) is 19.4 Å². The molecule has 0 radical (unpaired) electrons. The van der Waals surface area contributed by atoms with Gasteiger partial charge in [0.2, 0.25) is 10.0 Å². The van der Waals surface area contributed by atoms with Gasteiger partial charge in [0.1, 0.15) is 4.90 Å². The first kappa shape index (κ1) is 14.8. The Morgan fingerprint density at radius 1 is 1.32 bits per heavy atom. The van der Waals surface area contributed by atoms with Gasteiger partial charge in [0.25, 0.3) is 0 Å². The summed E-state index contributed by atoms with van der Waals surface area (Å²) in [5, 5.41) is 0.212. The van der Waals surface area contributed by atoms with Crippen LogP contribution in [0.1, 0.15) is 39.0 Å². The van der Waals surface area contributed by atoms with Gasteiger partial charge in [-0.05, 0) is 31.2 Å². The fourth-order valence-corrected chi connectivity index (χ4v) is 4.18. The van der Waals surface area contributed by atoms with E-state index in [0.717, 1.165) is 25.7 Å². The zero-order valence-corrected chi connectivity index (χ0v) is 12.5. The predicted molar refractivity (Wildman–Crippen MR) is 75.6 cm³/mol. The minimum atomic E-state index is -3.57. The third kappa shape index (κ3) is 3.91. The van der Waals surface area contributed by atoms with Crippen molar-refractivity contribution in [3.63, 3.8) is 0 Å². The highest BCUT2D eigenvalue weighted by atomic mass is 35.5. The summed E-state index contributed by atoms with van der Waals surface area (Å²) in [6.45, 7) is 2.22. The van der Waals surface area contributed by atoms with Crippen LogP contribution in [0, 0.1) is 5.92 Å². The van der Waals surface area contributed by atoms with Crippen LogP contribution in [0.25, 0.3) is 0 Å². The molecule has 1 N–H and O–H groups in total. The Morgan fingerprint density at radius 3 is 2.84 bits per heavy atom. The summed E-state index contributed by atoms with van der Waals surface area (Å²) in [7, 11) is -3.57. The average Bonchev–Trinajstić information content (AvgIpc) is 2.54. The van der Waals surface area contributed by atoms with Gasteiger partial charge in [-0.2, -0.15) is 0 Å². The maximum absolute atomic E-state index is 12.3. The number of rotatable bonds is 3. The van der Waals surface area contributed by atoms with Gasteiger partial charge in [-0.25, -0.2) is 13.1 Å². The van der Waals surface area contributed by atoms with Gasteiger partial charge >= 0.3 is 0 Å². The number of hydrogen-bond donors (Lipinski definition) is 1. The summed E-state index contributed by atoms with van der Waals surface area (Å²) >= 11 is 5.92. The SMILES string of the molecule is CC1CCCC(NS(=O)(=O)c2cnccc2Cl)CC1. The van der Waals surface area contributed by atoms with Crippen LogP contribution in [-0.2, 0) is 10.0 Å². The molecule has 0 aliphatic heterocycles. The summed E-state index contributed by atoms with van der Waals surface area (Å²) in [6, 6.07) is 1.50. The highest BCUT2D eigenvalue weighted by molar-refractivity contribution is 7.89. The van der Waals surface area contributed by atoms with E-state index >= 15 is 0 Å². The lowest BCUT2D eigenvalue weighted by molar-refractivity contribution is 0.484. The van der Waals surface area contributed by atoms with Crippen LogP contribution in [0.5, 0.6) is 0 Å². The molecule has 1 aliphatic carbocycles. The Kier molecular flexibility index (Phi) is 4.81. The maximum Gasteiger partial charge on any atom is 0.243 e. The minimum absolute atomic E-state index is 0.00576. The van der Waals surface area contributed by atoms with Gasteiger partial charge in [0.15, 0.2) is 0 Å². The van der Waals surface area contributed by atoms with E-state index in [9.17, 15) is 8.42 Å². The third-order valence-electron chi connectivity index (χ3n) is 3.60. The maximum atomic E-state index is 12.3. The van der Waals surface area contributed by atoms with Crippen LogP contribution < -0.4 is 4.72 Å². The normalized spacial score (nSPS) is 24.9. The first-order chi connectivity index (χ1) is 8.99. The number of aromatic nitrogens is 1. The molecule has 1 aromatic rings. The Balaban J connectivity index is 2.11. The minimum Gasteiger partial charge on any atom is -0.263 e. The number of pyridine rings is 1. The second-order valence-corrected chi connectivity index (χ2v) is 7.33. The van der Waals surface area contributed by atoms with E-state index in [1.54, 1.807) is 0 Å². The Morgan fingerprint density at radius 2 is 2.11 bits per heavy atom. The van der Waals surface area contributed by atoms with Crippen molar-refractivity contribution in [1.29, 1.82) is 0 Å². The molecular formula is C13H19ClN2O2S. The molecule has 1 heterocycles. The van der Waals surface area contributed by atoms with Crippen LogP contribution in [0.2, 0.25) is 5.02 Å². The lowest BCUT2D eigenvalue weighted by Crippen LogP contribution is -2.34. The smallest absolute Gasteiger partial charge is 0.243 e. The Bertz CT molecular complexity index is 533. The molecule has 1 aliphatic rings. The number of sulfonamides is 1. The van der Waals surface area contributed by atoms with E-state index in [0.29, 0.717) is 5.92 Å². The molecule has 1 fully saturated rings. The second kappa shape index (κ2) is 6.20. The molecule has 19 heavy (non-hydrogen) atoms. The molecule has 2 rings (SSSR count). The van der Waals surface area contributed by atoms with Crippen molar-refractivity contribution in [1.82, 2.24) is 9.71 Å². The van der Waals surface area contributed by atoms with Gasteiger partial charge < -0.3 is 0 Å². The van der Waals surface area contributed by atoms with Crippen molar-refractivity contribution in [2.24, 2.45) is 5.92 Å². The van der Waals surface area contributed by atoms with Gasteiger partial charge in [0, 0.05) is 18.4 Å². The molecule has 1 aromatic heterocycles. The fraction of sp³-hybridized carbons (Fsp3) is 0.615. The topological polar surface area (TPSA) is 59.1 Å². The van der Waals surface area contributed by atoms with Crippen molar-refractivity contribution < 1.29 is 8.42 Å². The van der Waals surface area contributed by atoms with Crippen LogP contribution in [0.4, 0.5) is 0 Å². The predicted octanol–water partition coefficient (Wildman–Crippen LogP) is 2.98. The summed E-state index contributed by atoms with van der Waals surface area (Å²) in [6.07, 6.45) is 7.85. The van der Waals surface area contributed by atoms with Crippen molar-refractivity contribution in [2.75, 3.05) is 0 Å². The molecule has 0 saturated heterocycles. The van der Waals surface area contributed by atoms with Gasteiger partial charge in [0.05, 0.1) is 5.02 Å². The molecule has 1 saturated carbocycles. The molecule has 0 spiro atoms. The fourth-order valence-electron chi connectivity index (χ4n) is 2.45. The monoisotopic (exact) mass is 302 g/mol. The Hall–Kier alpha value is -0.650. The van der Waals surface area contributed by atoms with Crippen molar-refractivity contribution >= 4 is 21.6 Å². The lowest BCUT2D eigenvalue weighted by atomic mass is 10.0. The van der Waals surface area contributed by atoms with Gasteiger partial charge in [-0.15, -0.1) is 0 Å². The molecule has 2 atom stereocenters. The molecular weight excluding hydrogens is 284 g/mol. The molecule has 0 bridgehead atoms. The summed E-state index contributed by atoms with van der Waals surface area (Å²) < 4.78 is 27.3. The van der Waals surface area contributed by atoms with E-state index in [4.69, 9.17) is 11.6 Å². The standard InChI is InChI=1S/C13H19ClN2O2S/c1-10-3-2-4-11(6-5-10)16-19(17,18)13-9-15-8-7-12(13)14/h7-11,16H,2-6H2,1H3. The molecule has 0 aromatic carbocycles. The zero-order valence-electron chi connectivity index (χ0n) is 11.0. The third-order valence-corrected chi connectivity index (χ3v) is 5.59. The highest BCUT2D eigenvalue weighted by Crippen LogP contribution is 2.25. The van der Waals surface area contributed by atoms with Crippen LogP contribution >= 0.6 is 11.6 Å². The second-order valence-electron chi connectivity index (χ2n) is 5.24. The van der Waals surface area contributed by atoms with E-state index in [1.165, 1.54) is 24.9 Å². The number of nitrogens with zero attached hydrogens (tertiary/aromatic N) is 1. The molecule has 2 unspecified atom stereocenters. The Labute approximate surface area is 119 Å². The summed E-state index contributed by atoms with van der Waals surface area (Å²) in [4.78, 5) is 3.90. The zero-order chi connectivity index (χ0) is 13.9. The van der Waals surface area contributed by atoms with E-state index in [1.807, 2.05) is 0 Å².